The normalized spacial score (nSPS) is 11.7. The Kier molecular flexibility index (Phi) is 3.96. The second-order valence-electron chi connectivity index (χ2n) is 4.11. The number of hydrogen-bond acceptors (Lipinski definition) is 5. The van der Waals surface area contributed by atoms with Gasteiger partial charge in [0, 0.05) is 5.56 Å². The van der Waals surface area contributed by atoms with Crippen LogP contribution in [0.3, 0.4) is 0 Å². The topological polar surface area (TPSA) is 85.1 Å². The van der Waals surface area contributed by atoms with Gasteiger partial charge < -0.3 is 4.52 Å². The summed E-state index contributed by atoms with van der Waals surface area (Å²) in [6.07, 6.45) is 0. The Morgan fingerprint density at radius 1 is 1.37 bits per heavy atom. The minimum Gasteiger partial charge on any atom is -0.338 e. The molecule has 0 aliphatic rings. The van der Waals surface area contributed by atoms with Crippen molar-refractivity contribution in [2.75, 3.05) is 5.75 Å². The molecular weight excluding hydrogens is 266 g/mol. The standard InChI is InChI=1S/C12H15N3O3S/c1-3-19(16,17)13-8-11-14-12(15-18-11)10-6-4-5-9(2)7-10/h4-7,13H,3,8H2,1-2H3. The lowest BCUT2D eigenvalue weighted by molar-refractivity contribution is 0.376. The number of hydrogen-bond donors (Lipinski definition) is 1. The van der Waals surface area contributed by atoms with E-state index in [1.807, 2.05) is 31.2 Å². The van der Waals surface area contributed by atoms with Crippen LogP contribution in [0.5, 0.6) is 0 Å². The third-order valence-corrected chi connectivity index (χ3v) is 3.91. The van der Waals surface area contributed by atoms with Crippen molar-refractivity contribution >= 4 is 10.0 Å². The van der Waals surface area contributed by atoms with Crippen LogP contribution in [0.2, 0.25) is 0 Å². The molecular formula is C12H15N3O3S. The summed E-state index contributed by atoms with van der Waals surface area (Å²) in [5, 5.41) is 3.83. The highest BCUT2D eigenvalue weighted by molar-refractivity contribution is 7.89. The van der Waals surface area contributed by atoms with Gasteiger partial charge in [-0.2, -0.15) is 4.98 Å². The van der Waals surface area contributed by atoms with Crippen LogP contribution >= 0.6 is 0 Å². The van der Waals surface area contributed by atoms with E-state index in [0.29, 0.717) is 5.82 Å². The third-order valence-electron chi connectivity index (χ3n) is 2.57. The molecule has 1 aromatic heterocycles. The van der Waals surface area contributed by atoms with Crippen molar-refractivity contribution in [2.45, 2.75) is 20.4 Å². The van der Waals surface area contributed by atoms with Gasteiger partial charge in [-0.1, -0.05) is 28.9 Å². The van der Waals surface area contributed by atoms with Crippen LogP contribution in [0.25, 0.3) is 11.4 Å². The third kappa shape index (κ3) is 3.62. The molecule has 0 saturated heterocycles. The first-order valence-corrected chi connectivity index (χ1v) is 7.52. The van der Waals surface area contributed by atoms with Gasteiger partial charge in [0.05, 0.1) is 12.3 Å². The summed E-state index contributed by atoms with van der Waals surface area (Å²) in [7, 11) is -3.26. The minimum absolute atomic E-state index is 0.00892. The maximum absolute atomic E-state index is 11.3. The molecule has 0 amide bonds. The van der Waals surface area contributed by atoms with E-state index in [4.69, 9.17) is 4.52 Å². The lowest BCUT2D eigenvalue weighted by Crippen LogP contribution is -2.24. The van der Waals surface area contributed by atoms with Crippen LogP contribution < -0.4 is 4.72 Å². The van der Waals surface area contributed by atoms with Crippen LogP contribution in [-0.2, 0) is 16.6 Å². The van der Waals surface area contributed by atoms with E-state index in [1.54, 1.807) is 6.92 Å². The zero-order valence-electron chi connectivity index (χ0n) is 10.8. The molecule has 0 saturated carbocycles. The summed E-state index contributed by atoms with van der Waals surface area (Å²) in [5.74, 6) is 0.717. The summed E-state index contributed by atoms with van der Waals surface area (Å²) in [6.45, 7) is 3.54. The van der Waals surface area contributed by atoms with Crippen LogP contribution in [0.15, 0.2) is 28.8 Å². The van der Waals surface area contributed by atoms with E-state index in [9.17, 15) is 8.42 Å². The molecule has 2 rings (SSSR count). The Labute approximate surface area is 111 Å². The Balaban J connectivity index is 2.12. The zero-order chi connectivity index (χ0) is 13.9. The molecule has 0 unspecified atom stereocenters. The molecule has 2 aromatic rings. The molecule has 0 fully saturated rings. The van der Waals surface area contributed by atoms with Crippen molar-refractivity contribution in [1.29, 1.82) is 0 Å². The zero-order valence-corrected chi connectivity index (χ0v) is 11.6. The lowest BCUT2D eigenvalue weighted by atomic mass is 10.1. The maximum atomic E-state index is 11.3. The number of benzene rings is 1. The predicted octanol–water partition coefficient (Wildman–Crippen LogP) is 1.48. The average Bonchev–Trinajstić information content (AvgIpc) is 2.85. The number of nitrogens with zero attached hydrogens (tertiary/aromatic N) is 2. The van der Waals surface area contributed by atoms with Gasteiger partial charge in [-0.15, -0.1) is 0 Å². The van der Waals surface area contributed by atoms with Gasteiger partial charge in [0.1, 0.15) is 0 Å². The highest BCUT2D eigenvalue weighted by atomic mass is 32.2. The number of nitrogens with one attached hydrogen (secondary N) is 1. The molecule has 1 heterocycles. The Bertz CT molecular complexity index is 664. The van der Waals surface area contributed by atoms with E-state index in [2.05, 4.69) is 14.9 Å². The van der Waals surface area contributed by atoms with E-state index in [1.165, 1.54) is 0 Å². The molecule has 0 atom stereocenters. The largest absolute Gasteiger partial charge is 0.338 e. The molecule has 6 nitrogen and oxygen atoms in total. The smallest absolute Gasteiger partial charge is 0.242 e. The molecule has 19 heavy (non-hydrogen) atoms. The molecule has 1 N–H and O–H groups in total. The van der Waals surface area contributed by atoms with E-state index in [0.717, 1.165) is 11.1 Å². The van der Waals surface area contributed by atoms with Gasteiger partial charge in [-0.05, 0) is 19.9 Å². The quantitative estimate of drug-likeness (QED) is 0.897. The lowest BCUT2D eigenvalue weighted by Gasteiger charge is -1.99. The minimum atomic E-state index is -3.26. The molecule has 102 valence electrons. The SMILES string of the molecule is CCS(=O)(=O)NCc1nc(-c2cccc(C)c2)no1. The van der Waals surface area contributed by atoms with Gasteiger partial charge in [-0.25, -0.2) is 13.1 Å². The molecule has 1 aromatic carbocycles. The maximum Gasteiger partial charge on any atom is 0.242 e. The summed E-state index contributed by atoms with van der Waals surface area (Å²) in [5.41, 5.74) is 1.93. The summed E-state index contributed by atoms with van der Waals surface area (Å²) >= 11 is 0. The Morgan fingerprint density at radius 3 is 2.84 bits per heavy atom. The van der Waals surface area contributed by atoms with Gasteiger partial charge in [-0.3, -0.25) is 0 Å². The fraction of sp³-hybridized carbons (Fsp3) is 0.333. The average molecular weight is 281 g/mol. The Morgan fingerprint density at radius 2 is 2.16 bits per heavy atom. The van der Waals surface area contributed by atoms with Crippen LogP contribution in [0.1, 0.15) is 18.4 Å². The predicted molar refractivity (Wildman–Crippen MR) is 70.8 cm³/mol. The van der Waals surface area contributed by atoms with Crippen molar-refractivity contribution < 1.29 is 12.9 Å². The van der Waals surface area contributed by atoms with Gasteiger partial charge in [0.25, 0.3) is 0 Å². The van der Waals surface area contributed by atoms with E-state index >= 15 is 0 Å². The van der Waals surface area contributed by atoms with Crippen LogP contribution in [0, 0.1) is 6.92 Å². The van der Waals surface area contributed by atoms with Crippen molar-refractivity contribution in [3.8, 4) is 11.4 Å². The van der Waals surface area contributed by atoms with Gasteiger partial charge >= 0.3 is 0 Å². The fourth-order valence-electron chi connectivity index (χ4n) is 1.50. The first-order valence-electron chi connectivity index (χ1n) is 5.87. The number of rotatable bonds is 5. The first kappa shape index (κ1) is 13.7. The van der Waals surface area contributed by atoms with E-state index < -0.39 is 10.0 Å². The fourth-order valence-corrected chi connectivity index (χ4v) is 2.05. The van der Waals surface area contributed by atoms with Gasteiger partial charge in [0.15, 0.2) is 0 Å². The molecule has 0 aliphatic carbocycles. The Hall–Kier alpha value is -1.73. The van der Waals surface area contributed by atoms with Crippen molar-refractivity contribution in [2.24, 2.45) is 0 Å². The number of aromatic nitrogens is 2. The van der Waals surface area contributed by atoms with E-state index in [-0.39, 0.29) is 18.2 Å². The molecule has 0 radical (unpaired) electrons. The summed E-state index contributed by atoms with van der Waals surface area (Å²) < 4.78 is 30.0. The van der Waals surface area contributed by atoms with Crippen molar-refractivity contribution in [1.82, 2.24) is 14.9 Å². The number of sulfonamides is 1. The second kappa shape index (κ2) is 5.50. The molecule has 0 bridgehead atoms. The van der Waals surface area contributed by atoms with Crippen molar-refractivity contribution in [3.63, 3.8) is 0 Å². The highest BCUT2D eigenvalue weighted by Gasteiger charge is 2.12. The first-order chi connectivity index (χ1) is 9.00. The summed E-state index contributed by atoms with van der Waals surface area (Å²) in [4.78, 5) is 4.15. The second-order valence-corrected chi connectivity index (χ2v) is 6.20. The summed E-state index contributed by atoms with van der Waals surface area (Å²) in [6, 6.07) is 7.68. The molecule has 7 heteroatoms. The van der Waals surface area contributed by atoms with Crippen LogP contribution in [0.4, 0.5) is 0 Å². The molecule has 0 spiro atoms. The van der Waals surface area contributed by atoms with Gasteiger partial charge in [0.2, 0.25) is 21.7 Å². The van der Waals surface area contributed by atoms with Crippen molar-refractivity contribution in [3.05, 3.63) is 35.7 Å². The highest BCUT2D eigenvalue weighted by Crippen LogP contribution is 2.16. The van der Waals surface area contributed by atoms with Crippen LogP contribution in [-0.4, -0.2) is 24.3 Å². The monoisotopic (exact) mass is 281 g/mol. The molecule has 0 aliphatic heterocycles. The number of aryl methyl sites for hydroxylation is 1.